The predicted octanol–water partition coefficient (Wildman–Crippen LogP) is 0.840. The number of hydrogen-bond acceptors (Lipinski definition) is 5. The number of hydrogen-bond donors (Lipinski definition) is 2. The average Bonchev–Trinajstić information content (AvgIpc) is 2.50. The van der Waals surface area contributed by atoms with Gasteiger partial charge in [-0.15, -0.1) is 0 Å². The summed E-state index contributed by atoms with van der Waals surface area (Å²) in [4.78, 5) is 12.8. The molecular weight excluding hydrogens is 371 g/mol. The molecule has 0 fully saturated rings. The van der Waals surface area contributed by atoms with Crippen molar-refractivity contribution < 1.29 is 27.2 Å². The van der Waals surface area contributed by atoms with Crippen LogP contribution in [0.4, 0.5) is 4.79 Å². The van der Waals surface area contributed by atoms with Crippen molar-refractivity contribution in [2.45, 2.75) is 12.0 Å². The Morgan fingerprint density at radius 1 is 1.33 bits per heavy atom. The van der Waals surface area contributed by atoms with Gasteiger partial charge in [-0.1, -0.05) is 23.7 Å². The van der Waals surface area contributed by atoms with E-state index in [9.17, 15) is 13.2 Å². The van der Waals surface area contributed by atoms with Crippen molar-refractivity contribution in [3.05, 3.63) is 41.1 Å². The summed E-state index contributed by atoms with van der Waals surface area (Å²) in [5, 5.41) is 0.178. The molecule has 1 aromatic rings. The molecule has 0 aromatic heterocycles. The van der Waals surface area contributed by atoms with Crippen molar-refractivity contribution >= 4 is 57.3 Å². The number of benzene rings is 1. The van der Waals surface area contributed by atoms with Crippen molar-refractivity contribution in [1.29, 1.82) is 0 Å². The second-order valence-electron chi connectivity index (χ2n) is 4.65. The normalized spacial score (nSPS) is 17.6. The third-order valence-corrected chi connectivity index (χ3v) is 4.41. The molecule has 0 saturated carbocycles. The summed E-state index contributed by atoms with van der Waals surface area (Å²) in [6, 6.07) is 6.43. The fourth-order valence-corrected chi connectivity index (χ4v) is 2.94. The van der Waals surface area contributed by atoms with Crippen LogP contribution in [0.25, 0.3) is 0 Å². The summed E-state index contributed by atoms with van der Waals surface area (Å²) < 4.78 is 41.5. The number of nitrogens with one attached hydrogen (secondary N) is 1. The second kappa shape index (κ2) is 9.04. The van der Waals surface area contributed by atoms with Gasteiger partial charge in [-0.05, 0) is 17.7 Å². The number of rotatable bonds is 6. The van der Waals surface area contributed by atoms with E-state index in [0.29, 0.717) is 0 Å². The minimum absolute atomic E-state index is 0. The molecule has 1 atom stereocenters. The van der Waals surface area contributed by atoms with Crippen molar-refractivity contribution in [2.24, 2.45) is 0 Å². The van der Waals surface area contributed by atoms with Gasteiger partial charge in [0.05, 0.1) is 18.7 Å². The topological polar surface area (TPSA) is 105 Å². The number of nitrogens with zero attached hydrogens (tertiary/aromatic N) is 1. The van der Waals surface area contributed by atoms with Crippen LogP contribution in [0.3, 0.4) is 0 Å². The summed E-state index contributed by atoms with van der Waals surface area (Å²) in [5.41, 5.74) is 0.870. The molecule has 24 heavy (non-hydrogen) atoms. The fourth-order valence-electron chi connectivity index (χ4n) is 1.84. The molecule has 1 aromatic carbocycles. The molecule has 1 heterocycles. The summed E-state index contributed by atoms with van der Waals surface area (Å²) in [6.45, 7) is 0.104. The summed E-state index contributed by atoms with van der Waals surface area (Å²) in [5.74, 6) is 0.718. The number of amides is 2. The van der Waals surface area contributed by atoms with Gasteiger partial charge in [0.15, 0.2) is 5.37 Å². The first-order valence-electron chi connectivity index (χ1n) is 6.42. The van der Waals surface area contributed by atoms with Gasteiger partial charge in [-0.3, -0.25) is 9.45 Å². The van der Waals surface area contributed by atoms with Gasteiger partial charge >= 0.3 is 35.6 Å². The van der Waals surface area contributed by atoms with Gasteiger partial charge in [0, 0.05) is 6.20 Å². The fraction of sp³-hybridized carbons (Fsp3) is 0.308. The maximum absolute atomic E-state index is 11.8. The molecule has 11 heteroatoms. The average molecular weight is 387 g/mol. The molecule has 0 saturated heterocycles. The number of ether oxygens (including phenoxy) is 2. The number of halogens is 1. The number of carbonyl (C=O) groups excluding carboxylic acids is 1. The Kier molecular flexibility index (Phi) is 8.00. The summed E-state index contributed by atoms with van der Waals surface area (Å²) in [6.07, 6.45) is 1.10. The third-order valence-electron chi connectivity index (χ3n) is 3.00. The van der Waals surface area contributed by atoms with Crippen molar-refractivity contribution in [2.75, 3.05) is 13.8 Å². The van der Waals surface area contributed by atoms with E-state index in [2.05, 4.69) is 5.32 Å². The Labute approximate surface area is 166 Å². The molecule has 0 bridgehead atoms. The summed E-state index contributed by atoms with van der Waals surface area (Å²) in [7, 11) is -2.95. The van der Waals surface area contributed by atoms with Crippen LogP contribution in [0.2, 0.25) is 0 Å². The molecule has 1 unspecified atom stereocenters. The van der Waals surface area contributed by atoms with Crippen LogP contribution in [0.1, 0.15) is 5.56 Å². The van der Waals surface area contributed by atoms with E-state index in [4.69, 9.17) is 25.6 Å². The molecular formula is C13H16ClN2NaO6S. The van der Waals surface area contributed by atoms with E-state index in [0.717, 1.165) is 22.4 Å². The zero-order valence-electron chi connectivity index (χ0n) is 12.1. The number of urea groups is 1. The Hall–Kier alpha value is -0.810. The Morgan fingerprint density at radius 2 is 1.96 bits per heavy atom. The molecule has 0 radical (unpaired) electrons. The van der Waals surface area contributed by atoms with E-state index < -0.39 is 21.5 Å². The molecule has 1 aliphatic rings. The van der Waals surface area contributed by atoms with E-state index in [-0.39, 0.29) is 47.9 Å². The second-order valence-corrected chi connectivity index (χ2v) is 6.59. The zero-order valence-corrected chi connectivity index (χ0v) is 13.7. The predicted molar refractivity (Wildman–Crippen MR) is 89.4 cm³/mol. The molecule has 128 valence electrons. The van der Waals surface area contributed by atoms with Gasteiger partial charge in [-0.2, -0.15) is 8.42 Å². The van der Waals surface area contributed by atoms with Crippen molar-refractivity contribution in [3.8, 4) is 5.75 Å². The van der Waals surface area contributed by atoms with Gasteiger partial charge < -0.3 is 14.8 Å². The minimum atomic E-state index is -4.51. The first-order chi connectivity index (χ1) is 10.8. The molecule has 0 spiro atoms. The molecule has 0 aliphatic carbocycles. The Balaban J connectivity index is 0.00000288. The molecule has 2 amide bonds. The standard InChI is InChI=1S/C13H15ClN2O6S.Na.H/c1-21-10-4-2-9(3-5-10)7-22-8-16-6-11(14)12(15-13(16)17)23(18,19)20;;/h2-6,12H,7-8H2,1H3,(H,15,17)(H,18,19,20);;. The Bertz CT molecular complexity index is 710. The van der Waals surface area contributed by atoms with Crippen LogP contribution < -0.4 is 10.1 Å². The van der Waals surface area contributed by atoms with Crippen LogP contribution in [0.5, 0.6) is 5.75 Å². The van der Waals surface area contributed by atoms with Gasteiger partial charge in [0.2, 0.25) is 0 Å². The van der Waals surface area contributed by atoms with E-state index in [1.807, 2.05) is 12.1 Å². The number of carbonyl (C=O) groups is 1. The first-order valence-corrected chi connectivity index (χ1v) is 8.30. The van der Waals surface area contributed by atoms with Crippen LogP contribution in [0, 0.1) is 0 Å². The van der Waals surface area contributed by atoms with Crippen LogP contribution in [-0.2, 0) is 21.5 Å². The summed E-state index contributed by atoms with van der Waals surface area (Å²) >= 11 is 5.75. The number of methoxy groups -OCH3 is 1. The van der Waals surface area contributed by atoms with E-state index in [1.165, 1.54) is 0 Å². The molecule has 2 rings (SSSR count). The molecule has 1 aliphatic heterocycles. The van der Waals surface area contributed by atoms with Crippen LogP contribution >= 0.6 is 11.6 Å². The van der Waals surface area contributed by atoms with E-state index in [1.54, 1.807) is 19.2 Å². The zero-order chi connectivity index (χ0) is 17.0. The van der Waals surface area contributed by atoms with Crippen LogP contribution in [0.15, 0.2) is 35.5 Å². The third kappa shape index (κ3) is 5.62. The molecule has 8 nitrogen and oxygen atoms in total. The van der Waals surface area contributed by atoms with Gasteiger partial charge in [0.1, 0.15) is 12.5 Å². The SMILES string of the molecule is COc1ccc(COCN2C=C(Cl)C(S(=O)(=O)O)NC2=O)cc1.[NaH]. The van der Waals surface area contributed by atoms with Crippen molar-refractivity contribution in [3.63, 3.8) is 0 Å². The van der Waals surface area contributed by atoms with E-state index >= 15 is 0 Å². The van der Waals surface area contributed by atoms with Gasteiger partial charge in [0.25, 0.3) is 10.1 Å². The molecule has 2 N–H and O–H groups in total. The van der Waals surface area contributed by atoms with Gasteiger partial charge in [-0.25, -0.2) is 4.79 Å². The van der Waals surface area contributed by atoms with Crippen molar-refractivity contribution in [1.82, 2.24) is 10.2 Å². The van der Waals surface area contributed by atoms with Crippen LogP contribution in [-0.4, -0.2) is 72.7 Å². The Morgan fingerprint density at radius 3 is 2.50 bits per heavy atom. The maximum atomic E-state index is 11.8. The first kappa shape index (κ1) is 21.2. The monoisotopic (exact) mass is 386 g/mol. The quantitative estimate of drug-likeness (QED) is 0.554.